The van der Waals surface area contributed by atoms with E-state index in [0.29, 0.717) is 18.8 Å². The van der Waals surface area contributed by atoms with Crippen LogP contribution in [0.25, 0.3) is 0 Å². The maximum Gasteiger partial charge on any atom is 0.223 e. The lowest BCUT2D eigenvalue weighted by atomic mass is 10.3. The Labute approximate surface area is 88.5 Å². The van der Waals surface area contributed by atoms with Crippen LogP contribution in [0.1, 0.15) is 12.0 Å². The molecule has 1 amide bonds. The summed E-state index contributed by atoms with van der Waals surface area (Å²) in [6, 6.07) is 0. The number of hydrogen-bond donors (Lipinski definition) is 0. The number of aromatic nitrogens is 2. The van der Waals surface area contributed by atoms with Gasteiger partial charge in [-0.05, 0) is 0 Å². The summed E-state index contributed by atoms with van der Waals surface area (Å²) in [6.45, 7) is 0.587. The molecule has 0 fully saturated rings. The summed E-state index contributed by atoms with van der Waals surface area (Å²) >= 11 is 5.48. The number of halogens is 1. The molecule has 4 nitrogen and oxygen atoms in total. The Bertz CT molecular complexity index is 311. The number of hydrogen-bond acceptors (Lipinski definition) is 2. The van der Waals surface area contributed by atoms with Crippen LogP contribution in [0.4, 0.5) is 0 Å². The molecular weight excluding hydrogens is 202 g/mol. The zero-order valence-electron chi connectivity index (χ0n) is 8.40. The van der Waals surface area contributed by atoms with E-state index in [-0.39, 0.29) is 5.91 Å². The lowest BCUT2D eigenvalue weighted by molar-refractivity contribution is -0.129. The average molecular weight is 216 g/mol. The van der Waals surface area contributed by atoms with Crippen molar-refractivity contribution >= 4 is 17.5 Å². The minimum atomic E-state index is 0.0591. The summed E-state index contributed by atoms with van der Waals surface area (Å²) in [6.07, 6.45) is 4.03. The van der Waals surface area contributed by atoms with Crippen molar-refractivity contribution in [1.82, 2.24) is 14.7 Å². The van der Waals surface area contributed by atoms with Crippen LogP contribution < -0.4 is 0 Å². The molecule has 1 heterocycles. The standard InChI is InChI=1S/C9H14ClN3O/c1-12(9(14)3-4-10)6-8-5-11-13(2)7-8/h5,7H,3-4,6H2,1-2H3. The van der Waals surface area contributed by atoms with Crippen LogP contribution in [0.5, 0.6) is 0 Å². The molecule has 1 aromatic heterocycles. The van der Waals surface area contributed by atoms with E-state index in [4.69, 9.17) is 11.6 Å². The molecule has 1 rings (SSSR count). The van der Waals surface area contributed by atoms with Crippen LogP contribution in [0, 0.1) is 0 Å². The van der Waals surface area contributed by atoms with E-state index in [9.17, 15) is 4.79 Å². The lowest BCUT2D eigenvalue weighted by Gasteiger charge is -2.15. The third-order valence-corrected chi connectivity index (χ3v) is 2.10. The van der Waals surface area contributed by atoms with Gasteiger partial charge in [0.05, 0.1) is 6.20 Å². The van der Waals surface area contributed by atoms with Crippen LogP contribution >= 0.6 is 11.6 Å². The predicted molar refractivity (Wildman–Crippen MR) is 55.0 cm³/mol. The van der Waals surface area contributed by atoms with Gasteiger partial charge in [0.15, 0.2) is 0 Å². The van der Waals surface area contributed by atoms with Crippen molar-refractivity contribution in [2.75, 3.05) is 12.9 Å². The van der Waals surface area contributed by atoms with Gasteiger partial charge in [-0.2, -0.15) is 5.10 Å². The second-order valence-corrected chi connectivity index (χ2v) is 3.59. The molecule has 0 spiro atoms. The van der Waals surface area contributed by atoms with Gasteiger partial charge in [-0.15, -0.1) is 11.6 Å². The van der Waals surface area contributed by atoms with Crippen molar-refractivity contribution in [2.45, 2.75) is 13.0 Å². The molecule has 0 bridgehead atoms. The second kappa shape index (κ2) is 5.00. The van der Waals surface area contributed by atoms with E-state index < -0.39 is 0 Å². The van der Waals surface area contributed by atoms with Crippen molar-refractivity contribution in [2.24, 2.45) is 7.05 Å². The third-order valence-electron chi connectivity index (χ3n) is 1.91. The molecule has 0 aromatic carbocycles. The molecule has 5 heteroatoms. The van der Waals surface area contributed by atoms with Crippen molar-refractivity contribution < 1.29 is 4.79 Å². The highest BCUT2D eigenvalue weighted by Gasteiger charge is 2.08. The highest BCUT2D eigenvalue weighted by molar-refractivity contribution is 6.18. The quantitative estimate of drug-likeness (QED) is 0.704. The number of carbonyl (C=O) groups excluding carboxylic acids is 1. The largest absolute Gasteiger partial charge is 0.341 e. The minimum absolute atomic E-state index is 0.0591. The fourth-order valence-corrected chi connectivity index (χ4v) is 1.35. The number of carbonyl (C=O) groups is 1. The van der Waals surface area contributed by atoms with Gasteiger partial charge in [0, 0.05) is 44.7 Å². The van der Waals surface area contributed by atoms with Crippen LogP contribution in [0.2, 0.25) is 0 Å². The predicted octanol–water partition coefficient (Wildman–Crippen LogP) is 1.01. The van der Waals surface area contributed by atoms with Crippen molar-refractivity contribution in [3.8, 4) is 0 Å². The molecule has 14 heavy (non-hydrogen) atoms. The Morgan fingerprint density at radius 1 is 1.71 bits per heavy atom. The Kier molecular flexibility index (Phi) is 3.95. The van der Waals surface area contributed by atoms with Crippen molar-refractivity contribution in [1.29, 1.82) is 0 Å². The molecule has 0 N–H and O–H groups in total. The molecule has 0 saturated carbocycles. The SMILES string of the molecule is CN(Cc1cnn(C)c1)C(=O)CCCl. The molecule has 0 saturated heterocycles. The summed E-state index contributed by atoms with van der Waals surface area (Å²) in [5.41, 5.74) is 1.03. The molecule has 0 aliphatic rings. The van der Waals surface area contributed by atoms with Gasteiger partial charge in [-0.3, -0.25) is 9.48 Å². The first kappa shape index (κ1) is 11.0. The van der Waals surface area contributed by atoms with E-state index in [2.05, 4.69) is 5.10 Å². The second-order valence-electron chi connectivity index (χ2n) is 3.21. The monoisotopic (exact) mass is 215 g/mol. The molecule has 0 atom stereocenters. The van der Waals surface area contributed by atoms with Crippen LogP contribution in [0.15, 0.2) is 12.4 Å². The number of nitrogens with zero attached hydrogens (tertiary/aromatic N) is 3. The van der Waals surface area contributed by atoms with E-state index in [0.717, 1.165) is 5.56 Å². The molecule has 0 unspecified atom stereocenters. The zero-order chi connectivity index (χ0) is 10.6. The van der Waals surface area contributed by atoms with E-state index >= 15 is 0 Å². The van der Waals surface area contributed by atoms with Gasteiger partial charge in [0.1, 0.15) is 0 Å². The highest BCUT2D eigenvalue weighted by Crippen LogP contribution is 2.03. The van der Waals surface area contributed by atoms with Crippen molar-refractivity contribution in [3.05, 3.63) is 18.0 Å². The van der Waals surface area contributed by atoms with Gasteiger partial charge >= 0.3 is 0 Å². The smallest absolute Gasteiger partial charge is 0.223 e. The van der Waals surface area contributed by atoms with E-state index in [1.54, 1.807) is 22.8 Å². The summed E-state index contributed by atoms with van der Waals surface area (Å²) in [5, 5.41) is 4.03. The van der Waals surface area contributed by atoms with Crippen LogP contribution in [-0.4, -0.2) is 33.5 Å². The number of rotatable bonds is 4. The van der Waals surface area contributed by atoms with Crippen molar-refractivity contribution in [3.63, 3.8) is 0 Å². The topological polar surface area (TPSA) is 38.1 Å². The van der Waals surface area contributed by atoms with Gasteiger partial charge < -0.3 is 4.90 Å². The van der Waals surface area contributed by atoms with Crippen LogP contribution in [0.3, 0.4) is 0 Å². The molecule has 0 aliphatic heterocycles. The normalized spacial score (nSPS) is 10.2. The van der Waals surface area contributed by atoms with Crippen LogP contribution in [-0.2, 0) is 18.4 Å². The molecule has 78 valence electrons. The zero-order valence-corrected chi connectivity index (χ0v) is 9.16. The summed E-state index contributed by atoms with van der Waals surface area (Å²) in [7, 11) is 3.62. The highest BCUT2D eigenvalue weighted by atomic mass is 35.5. The Morgan fingerprint density at radius 3 is 2.93 bits per heavy atom. The van der Waals surface area contributed by atoms with E-state index in [1.807, 2.05) is 13.2 Å². The Hall–Kier alpha value is -1.03. The maximum atomic E-state index is 11.4. The third kappa shape index (κ3) is 3.03. The average Bonchev–Trinajstić information content (AvgIpc) is 2.51. The lowest BCUT2D eigenvalue weighted by Crippen LogP contribution is -2.26. The molecular formula is C9H14ClN3O. The summed E-state index contributed by atoms with van der Waals surface area (Å²) < 4.78 is 1.72. The Morgan fingerprint density at radius 2 is 2.43 bits per heavy atom. The molecule has 0 radical (unpaired) electrons. The molecule has 1 aromatic rings. The molecule has 0 aliphatic carbocycles. The van der Waals surface area contributed by atoms with Gasteiger partial charge in [0.2, 0.25) is 5.91 Å². The maximum absolute atomic E-state index is 11.4. The van der Waals surface area contributed by atoms with Gasteiger partial charge in [-0.1, -0.05) is 0 Å². The fourth-order valence-electron chi connectivity index (χ4n) is 1.19. The first-order chi connectivity index (χ1) is 6.63. The Balaban J connectivity index is 2.48. The number of alkyl halides is 1. The summed E-state index contributed by atoms with van der Waals surface area (Å²) in [5.74, 6) is 0.430. The fraction of sp³-hybridized carbons (Fsp3) is 0.556. The summed E-state index contributed by atoms with van der Waals surface area (Å²) in [4.78, 5) is 13.0. The first-order valence-electron chi connectivity index (χ1n) is 4.41. The van der Waals surface area contributed by atoms with E-state index in [1.165, 1.54) is 0 Å². The first-order valence-corrected chi connectivity index (χ1v) is 4.94. The minimum Gasteiger partial charge on any atom is -0.341 e. The van der Waals surface area contributed by atoms with Gasteiger partial charge in [0.25, 0.3) is 0 Å². The number of aryl methyl sites for hydroxylation is 1. The van der Waals surface area contributed by atoms with Gasteiger partial charge in [-0.25, -0.2) is 0 Å². The number of amides is 1.